The summed E-state index contributed by atoms with van der Waals surface area (Å²) in [6, 6.07) is 28.2. The summed E-state index contributed by atoms with van der Waals surface area (Å²) in [7, 11) is 0. The molecule has 1 heterocycles. The molecule has 2 atom stereocenters. The lowest BCUT2D eigenvalue weighted by Gasteiger charge is -2.25. The zero-order valence-corrected chi connectivity index (χ0v) is 20.4. The maximum atomic E-state index is 6.53. The molecule has 0 amide bonds. The fourth-order valence-corrected chi connectivity index (χ4v) is 6.46. The predicted octanol–water partition coefficient (Wildman–Crippen LogP) is 9.03. The van der Waals surface area contributed by atoms with Crippen LogP contribution in [0.4, 0.5) is 0 Å². The molecule has 8 rings (SSSR count). The van der Waals surface area contributed by atoms with Crippen molar-refractivity contribution in [3.8, 4) is 0 Å². The van der Waals surface area contributed by atoms with Crippen molar-refractivity contribution in [1.29, 1.82) is 0 Å². The summed E-state index contributed by atoms with van der Waals surface area (Å²) >= 11 is 0. The van der Waals surface area contributed by atoms with Crippen LogP contribution in [0.25, 0.3) is 43.7 Å². The van der Waals surface area contributed by atoms with Crippen LogP contribution in [0.15, 0.2) is 114 Å². The highest BCUT2D eigenvalue weighted by atomic mass is 16.3. The molecular weight excluding hydrogens is 448 g/mol. The minimum atomic E-state index is 0.386. The van der Waals surface area contributed by atoms with Gasteiger partial charge in [-0.1, -0.05) is 103 Å². The number of aryl methyl sites for hydroxylation is 1. The number of furan rings is 1. The first-order valence-corrected chi connectivity index (χ1v) is 13.1. The number of fused-ring (bicyclic) bond motifs is 6. The highest BCUT2D eigenvalue weighted by Crippen LogP contribution is 2.46. The quantitative estimate of drug-likeness (QED) is 0.250. The monoisotopic (exact) mass is 472 g/mol. The van der Waals surface area contributed by atoms with Crippen molar-refractivity contribution in [2.45, 2.75) is 12.8 Å². The highest BCUT2D eigenvalue weighted by molar-refractivity contribution is 6.18. The van der Waals surface area contributed by atoms with E-state index in [1.165, 1.54) is 49.4 Å². The molecule has 1 nitrogen and oxygen atoms in total. The van der Waals surface area contributed by atoms with Gasteiger partial charge in [0.25, 0.3) is 0 Å². The van der Waals surface area contributed by atoms with Crippen LogP contribution in [0, 0.1) is 24.0 Å². The van der Waals surface area contributed by atoms with Crippen LogP contribution in [0.1, 0.15) is 28.9 Å². The third-order valence-corrected chi connectivity index (χ3v) is 8.12. The maximum absolute atomic E-state index is 6.53. The molecule has 1 aromatic heterocycles. The van der Waals surface area contributed by atoms with E-state index in [2.05, 4.69) is 115 Å². The zero-order valence-electron chi connectivity index (χ0n) is 20.4. The molecule has 3 aliphatic rings. The summed E-state index contributed by atoms with van der Waals surface area (Å²) in [4.78, 5) is 0. The molecular formula is C36H24O. The predicted molar refractivity (Wildman–Crippen MR) is 153 cm³/mol. The number of benzene rings is 3. The van der Waals surface area contributed by atoms with Gasteiger partial charge in [-0.2, -0.15) is 0 Å². The molecule has 4 aromatic carbocycles. The van der Waals surface area contributed by atoms with Gasteiger partial charge in [0.1, 0.15) is 11.3 Å². The van der Waals surface area contributed by atoms with Gasteiger partial charge in [-0.05, 0) is 58.3 Å². The molecule has 2 unspecified atom stereocenters. The Morgan fingerprint density at radius 2 is 1.54 bits per heavy atom. The van der Waals surface area contributed by atoms with Crippen molar-refractivity contribution >= 4 is 43.7 Å². The van der Waals surface area contributed by atoms with Gasteiger partial charge < -0.3 is 4.42 Å². The molecule has 0 saturated heterocycles. The largest absolute Gasteiger partial charge is 0.456 e. The van der Waals surface area contributed by atoms with Crippen LogP contribution in [0.5, 0.6) is 0 Å². The lowest BCUT2D eigenvalue weighted by molar-refractivity contribution is 0.591. The minimum Gasteiger partial charge on any atom is -0.456 e. The Labute approximate surface area is 216 Å². The molecule has 0 aliphatic heterocycles. The first-order chi connectivity index (χ1) is 18.4. The molecule has 0 spiro atoms. The Hall–Kier alpha value is -4.54. The molecule has 3 aliphatic carbocycles. The second-order valence-corrected chi connectivity index (χ2v) is 10.2. The second-order valence-electron chi connectivity index (χ2n) is 10.2. The van der Waals surface area contributed by atoms with Gasteiger partial charge in [0, 0.05) is 39.3 Å². The molecule has 1 heteroatoms. The Kier molecular flexibility index (Phi) is 4.45. The van der Waals surface area contributed by atoms with Gasteiger partial charge >= 0.3 is 0 Å². The SMILES string of the molecule is c1ccc2c(C3=CC4C=CC=CC4C=C3)c3ccccc3c(C3=CCCc4c3oc3ccccc43)c2c#1. The fraction of sp³-hybridized carbons (Fsp3) is 0.111. The number of rotatable bonds is 2. The standard InChI is InChI=1S/C36H24O/c1-2-11-24-22-25(21-20-23(24)10-1)34-27-13-3-5-15-29(27)35(30-16-6-4-14-28(30)34)32-18-9-17-31-26-12-7-8-19-33(26)37-36(31)32/h1-5,7-8,10-15,18-24H,9,17H2. The first kappa shape index (κ1) is 20.6. The number of hydrogen-bond donors (Lipinski definition) is 0. The smallest absolute Gasteiger partial charge is 0.138 e. The number of hydrogen-bond acceptors (Lipinski definition) is 1. The van der Waals surface area contributed by atoms with Gasteiger partial charge in [-0.15, -0.1) is 0 Å². The van der Waals surface area contributed by atoms with Crippen LogP contribution >= 0.6 is 0 Å². The average Bonchev–Trinajstić information content (AvgIpc) is 3.35. The Bertz CT molecular complexity index is 1830. The van der Waals surface area contributed by atoms with Gasteiger partial charge in [0.05, 0.1) is 0 Å². The third kappa shape index (κ3) is 3.06. The van der Waals surface area contributed by atoms with Crippen LogP contribution in [0.2, 0.25) is 0 Å². The van der Waals surface area contributed by atoms with E-state index >= 15 is 0 Å². The molecule has 5 aromatic rings. The van der Waals surface area contributed by atoms with Gasteiger partial charge in [-0.25, -0.2) is 0 Å². The lowest BCUT2D eigenvalue weighted by Crippen LogP contribution is -2.11. The normalized spacial score (nSPS) is 20.0. The Balaban J connectivity index is 1.43. The van der Waals surface area contributed by atoms with Crippen molar-refractivity contribution in [2.24, 2.45) is 11.8 Å². The summed E-state index contributed by atoms with van der Waals surface area (Å²) in [5, 5.41) is 6.03. The molecule has 0 radical (unpaired) electrons. The third-order valence-electron chi connectivity index (χ3n) is 8.12. The van der Waals surface area contributed by atoms with E-state index in [0.29, 0.717) is 11.8 Å². The van der Waals surface area contributed by atoms with Crippen molar-refractivity contribution < 1.29 is 4.42 Å². The summed E-state index contributed by atoms with van der Waals surface area (Å²) in [6.07, 6.45) is 20.3. The topological polar surface area (TPSA) is 13.1 Å². The van der Waals surface area contributed by atoms with Crippen molar-refractivity contribution in [2.75, 3.05) is 0 Å². The van der Waals surface area contributed by atoms with E-state index in [1.807, 2.05) is 6.07 Å². The van der Waals surface area contributed by atoms with E-state index in [-0.39, 0.29) is 0 Å². The Morgan fingerprint density at radius 1 is 0.757 bits per heavy atom. The fourth-order valence-electron chi connectivity index (χ4n) is 6.46. The number of allylic oxidation sites excluding steroid dienone is 9. The number of para-hydroxylation sites is 1. The van der Waals surface area contributed by atoms with E-state index in [0.717, 1.165) is 29.6 Å². The van der Waals surface area contributed by atoms with Crippen LogP contribution < -0.4 is 0 Å². The van der Waals surface area contributed by atoms with Crippen LogP contribution in [-0.4, -0.2) is 0 Å². The van der Waals surface area contributed by atoms with Gasteiger partial charge in [0.2, 0.25) is 0 Å². The van der Waals surface area contributed by atoms with Crippen LogP contribution in [0.3, 0.4) is 0 Å². The molecule has 174 valence electrons. The van der Waals surface area contributed by atoms with Crippen molar-refractivity contribution in [1.82, 2.24) is 0 Å². The van der Waals surface area contributed by atoms with E-state index < -0.39 is 0 Å². The molecule has 0 N–H and O–H groups in total. The summed E-state index contributed by atoms with van der Waals surface area (Å²) < 4.78 is 6.53. The minimum absolute atomic E-state index is 0.386. The van der Waals surface area contributed by atoms with Crippen LogP contribution in [-0.2, 0) is 6.42 Å². The van der Waals surface area contributed by atoms with Gasteiger partial charge in [-0.3, -0.25) is 0 Å². The van der Waals surface area contributed by atoms with E-state index in [4.69, 9.17) is 4.42 Å². The molecule has 0 saturated carbocycles. The Morgan fingerprint density at radius 3 is 2.43 bits per heavy atom. The van der Waals surface area contributed by atoms with E-state index in [1.54, 1.807) is 0 Å². The van der Waals surface area contributed by atoms with Gasteiger partial charge in [0.15, 0.2) is 0 Å². The van der Waals surface area contributed by atoms with Crippen molar-refractivity contribution in [3.63, 3.8) is 0 Å². The maximum Gasteiger partial charge on any atom is 0.138 e. The second kappa shape index (κ2) is 7.99. The highest BCUT2D eigenvalue weighted by Gasteiger charge is 2.27. The molecule has 0 fully saturated rings. The summed E-state index contributed by atoms with van der Waals surface area (Å²) in [5.41, 5.74) is 7.20. The summed E-state index contributed by atoms with van der Waals surface area (Å²) in [6.45, 7) is 0. The lowest BCUT2D eigenvalue weighted by atomic mass is 9.78. The summed E-state index contributed by atoms with van der Waals surface area (Å²) in [5.74, 6) is 1.82. The zero-order chi connectivity index (χ0) is 24.3. The van der Waals surface area contributed by atoms with E-state index in [9.17, 15) is 0 Å². The van der Waals surface area contributed by atoms with Crippen molar-refractivity contribution in [3.05, 3.63) is 144 Å². The average molecular weight is 473 g/mol. The molecule has 0 bridgehead atoms. The first-order valence-electron chi connectivity index (χ1n) is 13.1. The molecule has 37 heavy (non-hydrogen) atoms.